The summed E-state index contributed by atoms with van der Waals surface area (Å²) in [5.74, 6) is 1.29. The minimum absolute atomic E-state index is 0.0533. The van der Waals surface area contributed by atoms with Gasteiger partial charge in [-0.25, -0.2) is 0 Å². The highest BCUT2D eigenvalue weighted by Crippen LogP contribution is 2.38. The molecular weight excluding hydrogens is 733 g/mol. The molecule has 0 aromatic carbocycles. The van der Waals surface area contributed by atoms with Crippen molar-refractivity contribution in [3.05, 3.63) is 59.1 Å². The predicted molar refractivity (Wildman–Crippen MR) is 222 cm³/mol. The lowest BCUT2D eigenvalue weighted by Gasteiger charge is -2.28. The number of ether oxygens (including phenoxy) is 2. The standard InChI is InChI=1S/C44H76NO10P/c1-8-10-22-28-39(46)29-23-18-14-12-11-13-15-20-25-31-43(47)51-35-40(36-53-56(49,50)52-34-33-45(5,6)7)54-44(48)32-26-21-17-16-19-24-30-42-38(4)37(3)41(55-42)27-9-2/h10,14,18,22-23,29,39-40,46H,8-9,11-13,15-17,19-21,24-28,30-36H2,1-7H3/b18-14+,22-10+,29-23+/t39?,40-/m1/s1. The maximum absolute atomic E-state index is 12.7. The van der Waals surface area contributed by atoms with Crippen molar-refractivity contribution in [1.82, 2.24) is 0 Å². The third-order valence-electron chi connectivity index (χ3n) is 9.43. The van der Waals surface area contributed by atoms with Gasteiger partial charge in [-0.05, 0) is 76.3 Å². The number of carbonyl (C=O) groups is 2. The molecule has 0 fully saturated rings. The van der Waals surface area contributed by atoms with E-state index >= 15 is 0 Å². The Morgan fingerprint density at radius 1 is 0.786 bits per heavy atom. The number of hydrogen-bond donors (Lipinski definition) is 1. The van der Waals surface area contributed by atoms with Gasteiger partial charge in [-0.15, -0.1) is 0 Å². The average Bonchev–Trinajstić information content (AvgIpc) is 3.40. The molecule has 1 aromatic rings. The molecule has 1 aromatic heterocycles. The highest BCUT2D eigenvalue weighted by Gasteiger charge is 2.22. The number of hydrogen-bond acceptors (Lipinski definition) is 10. The molecule has 0 spiro atoms. The molecule has 12 heteroatoms. The van der Waals surface area contributed by atoms with Gasteiger partial charge in [-0.2, -0.15) is 0 Å². The van der Waals surface area contributed by atoms with E-state index in [2.05, 4.69) is 33.8 Å². The van der Waals surface area contributed by atoms with E-state index in [1.807, 2.05) is 45.4 Å². The highest BCUT2D eigenvalue weighted by atomic mass is 31.2. The van der Waals surface area contributed by atoms with E-state index < -0.39 is 38.6 Å². The van der Waals surface area contributed by atoms with Gasteiger partial charge in [0.05, 0.1) is 33.9 Å². The number of rotatable bonds is 34. The summed E-state index contributed by atoms with van der Waals surface area (Å²) in [5.41, 5.74) is 2.55. The van der Waals surface area contributed by atoms with Gasteiger partial charge in [-0.1, -0.05) is 95.2 Å². The van der Waals surface area contributed by atoms with Crippen molar-refractivity contribution in [2.45, 2.75) is 162 Å². The van der Waals surface area contributed by atoms with Crippen LogP contribution in [0.25, 0.3) is 0 Å². The largest absolute Gasteiger partial charge is 0.756 e. The molecule has 0 aliphatic heterocycles. The van der Waals surface area contributed by atoms with Crippen LogP contribution in [0.5, 0.6) is 0 Å². The van der Waals surface area contributed by atoms with E-state index in [0.717, 1.165) is 101 Å². The Bertz CT molecular complexity index is 1350. The maximum atomic E-state index is 12.7. The summed E-state index contributed by atoms with van der Waals surface area (Å²) in [7, 11) is 1.09. The number of likely N-dealkylation sites (N-methyl/N-ethyl adjacent to an activating group) is 1. The zero-order valence-electron chi connectivity index (χ0n) is 35.9. The first-order valence-electron chi connectivity index (χ1n) is 21.2. The summed E-state index contributed by atoms with van der Waals surface area (Å²) >= 11 is 0. The van der Waals surface area contributed by atoms with Gasteiger partial charge >= 0.3 is 11.9 Å². The highest BCUT2D eigenvalue weighted by molar-refractivity contribution is 7.45. The summed E-state index contributed by atoms with van der Waals surface area (Å²) in [6, 6.07) is 0. The van der Waals surface area contributed by atoms with Gasteiger partial charge in [0.2, 0.25) is 0 Å². The van der Waals surface area contributed by atoms with Gasteiger partial charge in [0.15, 0.2) is 6.10 Å². The number of aryl methyl sites for hydroxylation is 2. The van der Waals surface area contributed by atoms with Crippen LogP contribution < -0.4 is 4.89 Å². The fourth-order valence-electron chi connectivity index (χ4n) is 5.85. The number of phosphoric acid groups is 1. The second-order valence-electron chi connectivity index (χ2n) is 15.8. The van der Waals surface area contributed by atoms with Gasteiger partial charge in [0.1, 0.15) is 31.3 Å². The first-order valence-corrected chi connectivity index (χ1v) is 22.6. The summed E-state index contributed by atoms with van der Waals surface area (Å²) in [4.78, 5) is 37.6. The molecule has 11 nitrogen and oxygen atoms in total. The van der Waals surface area contributed by atoms with Crippen LogP contribution >= 0.6 is 7.82 Å². The SMILES string of the molecule is CC/C=C/CC(O)/C=C/C=C/CCCCCCCC(=O)OC[C@H](COP(=O)([O-])OCC[N+](C)(C)C)OC(=O)CCCCCCCCc1oc(CCC)c(C)c1C. The van der Waals surface area contributed by atoms with Crippen molar-refractivity contribution in [3.63, 3.8) is 0 Å². The smallest absolute Gasteiger partial charge is 0.306 e. The molecule has 1 heterocycles. The molecule has 1 rings (SSSR count). The Morgan fingerprint density at radius 3 is 2.04 bits per heavy atom. The van der Waals surface area contributed by atoms with Gasteiger partial charge in [-0.3, -0.25) is 14.2 Å². The van der Waals surface area contributed by atoms with Gasteiger partial charge < -0.3 is 37.4 Å². The van der Waals surface area contributed by atoms with Crippen LogP contribution in [0.4, 0.5) is 0 Å². The first kappa shape index (κ1) is 51.5. The maximum Gasteiger partial charge on any atom is 0.306 e. The Kier molecular flexibility index (Phi) is 28.1. The van der Waals surface area contributed by atoms with Crippen LogP contribution in [0.15, 0.2) is 40.9 Å². The van der Waals surface area contributed by atoms with Crippen LogP contribution in [0.1, 0.15) is 146 Å². The first-order chi connectivity index (χ1) is 26.7. The molecule has 1 N–H and O–H groups in total. The molecule has 322 valence electrons. The fraction of sp³-hybridized carbons (Fsp3) is 0.727. The monoisotopic (exact) mass is 810 g/mol. The van der Waals surface area contributed by atoms with Crippen LogP contribution in [0.2, 0.25) is 0 Å². The minimum Gasteiger partial charge on any atom is -0.756 e. The topological polar surface area (TPSA) is 145 Å². The molecule has 0 bridgehead atoms. The normalized spacial score (nSPS) is 14.5. The lowest BCUT2D eigenvalue weighted by atomic mass is 10.0. The Hall–Kier alpha value is -2.53. The van der Waals surface area contributed by atoms with E-state index in [9.17, 15) is 24.2 Å². The predicted octanol–water partition coefficient (Wildman–Crippen LogP) is 9.35. The molecule has 0 saturated heterocycles. The second kappa shape index (κ2) is 30.5. The Morgan fingerprint density at radius 2 is 1.39 bits per heavy atom. The third-order valence-corrected chi connectivity index (χ3v) is 10.4. The molecule has 0 aliphatic rings. The quantitative estimate of drug-likeness (QED) is 0.0179. The number of carbonyl (C=O) groups excluding carboxylic acids is 2. The molecule has 0 aliphatic carbocycles. The number of allylic oxidation sites excluding steroid dienone is 4. The number of esters is 2. The van der Waals surface area contributed by atoms with Crippen molar-refractivity contribution in [3.8, 4) is 0 Å². The van der Waals surface area contributed by atoms with Crippen molar-refractivity contribution in [2.24, 2.45) is 0 Å². The van der Waals surface area contributed by atoms with Crippen molar-refractivity contribution < 1.29 is 51.6 Å². The van der Waals surface area contributed by atoms with Crippen LogP contribution in [0.3, 0.4) is 0 Å². The lowest BCUT2D eigenvalue weighted by Crippen LogP contribution is -2.37. The Labute approximate surface area is 339 Å². The fourth-order valence-corrected chi connectivity index (χ4v) is 6.58. The summed E-state index contributed by atoms with van der Waals surface area (Å²) in [6.45, 7) is 8.10. The molecular formula is C44H76NO10P. The molecule has 0 saturated carbocycles. The number of furan rings is 1. The lowest BCUT2D eigenvalue weighted by molar-refractivity contribution is -0.870. The molecule has 2 unspecified atom stereocenters. The second-order valence-corrected chi connectivity index (χ2v) is 17.2. The van der Waals surface area contributed by atoms with Crippen molar-refractivity contribution in [2.75, 3.05) is 47.5 Å². The number of quaternary nitrogens is 1. The van der Waals surface area contributed by atoms with E-state index in [1.54, 1.807) is 6.08 Å². The number of aliphatic hydroxyl groups is 1. The van der Waals surface area contributed by atoms with Gasteiger partial charge in [0.25, 0.3) is 7.82 Å². The van der Waals surface area contributed by atoms with Crippen molar-refractivity contribution >= 4 is 19.8 Å². The summed E-state index contributed by atoms with van der Waals surface area (Å²) in [6.07, 6.45) is 26.5. The Balaban J connectivity index is 2.41. The molecule has 0 radical (unpaired) electrons. The van der Waals surface area contributed by atoms with Crippen LogP contribution in [-0.2, 0) is 45.5 Å². The zero-order chi connectivity index (χ0) is 41.7. The van der Waals surface area contributed by atoms with Crippen molar-refractivity contribution in [1.29, 1.82) is 0 Å². The van der Waals surface area contributed by atoms with E-state index in [4.69, 9.17) is 22.9 Å². The molecule has 0 amide bonds. The van der Waals surface area contributed by atoms with E-state index in [0.29, 0.717) is 30.3 Å². The average molecular weight is 810 g/mol. The minimum atomic E-state index is -4.66. The number of unbranched alkanes of at least 4 members (excludes halogenated alkanes) is 10. The zero-order valence-corrected chi connectivity index (χ0v) is 36.8. The third kappa shape index (κ3) is 27.2. The number of nitrogens with zero attached hydrogens (tertiary/aromatic N) is 1. The van der Waals surface area contributed by atoms with E-state index in [1.165, 1.54) is 11.1 Å². The number of aliphatic hydroxyl groups excluding tert-OH is 1. The molecule has 56 heavy (non-hydrogen) atoms. The van der Waals surface area contributed by atoms with E-state index in [-0.39, 0.29) is 26.1 Å². The molecule has 3 atom stereocenters. The van der Waals surface area contributed by atoms with Crippen LogP contribution in [-0.4, -0.2) is 81.2 Å². The number of phosphoric ester groups is 1. The summed E-state index contributed by atoms with van der Waals surface area (Å²) < 4.78 is 40.0. The van der Waals surface area contributed by atoms with Gasteiger partial charge in [0, 0.05) is 25.7 Å². The summed E-state index contributed by atoms with van der Waals surface area (Å²) in [5, 5.41) is 9.88. The van der Waals surface area contributed by atoms with Crippen LogP contribution in [0, 0.1) is 13.8 Å².